The molecule has 258 valence electrons. The molecule has 3 rings (SSSR count). The van der Waals surface area contributed by atoms with Crippen molar-refractivity contribution in [1.82, 2.24) is 10.2 Å². The number of halogens is 3. The number of carbonyl (C=O) groups excluding carboxylic acids is 1. The highest BCUT2D eigenvalue weighted by atomic mass is 35.6. The number of carbonyl (C=O) groups is 1. The molecule has 0 aromatic heterocycles. The van der Waals surface area contributed by atoms with Gasteiger partial charge in [-0.15, -0.1) is 0 Å². The lowest BCUT2D eigenvalue weighted by molar-refractivity contribution is -0.253. The lowest BCUT2D eigenvalue weighted by Gasteiger charge is -2.38. The van der Waals surface area contributed by atoms with Crippen LogP contribution in [0.25, 0.3) is 0 Å². The normalized spacial score (nSPS) is 18.6. The molecule has 0 aliphatic carbocycles. The molecule has 46 heavy (non-hydrogen) atoms. The van der Waals surface area contributed by atoms with E-state index >= 15 is 0 Å². The Morgan fingerprint density at radius 3 is 1.85 bits per heavy atom. The highest BCUT2D eigenvalue weighted by molar-refractivity contribution is 6.76. The van der Waals surface area contributed by atoms with Crippen molar-refractivity contribution in [2.75, 3.05) is 19.6 Å². The summed E-state index contributed by atoms with van der Waals surface area (Å²) in [5, 5.41) is 12.2. The molecule has 1 aliphatic rings. The first-order chi connectivity index (χ1) is 22.2. The van der Waals surface area contributed by atoms with Crippen molar-refractivity contribution in [1.29, 1.82) is 0 Å². The minimum atomic E-state index is -2.00. The third-order valence-electron chi connectivity index (χ3n) is 8.69. The summed E-state index contributed by atoms with van der Waals surface area (Å²) in [6, 6.07) is 15.8. The zero-order chi connectivity index (χ0) is 33.2. The quantitative estimate of drug-likeness (QED) is 0.100. The summed E-state index contributed by atoms with van der Waals surface area (Å²) in [4.78, 5) is 14.6. The SMILES string of the molecule is CCCCCCCCN(CCCCCCCC)C[C@H]1C[C@@H](c2ccc(CO)cc2)O[C@@H](c2ccc(CNC(=O)C(Cl)(Cl)Cl)cc2)O1. The number of alkyl halides is 3. The molecule has 0 saturated carbocycles. The van der Waals surface area contributed by atoms with Crippen LogP contribution in [0.1, 0.15) is 132 Å². The fourth-order valence-corrected chi connectivity index (χ4v) is 6.12. The van der Waals surface area contributed by atoms with Crippen molar-refractivity contribution in [3.8, 4) is 0 Å². The van der Waals surface area contributed by atoms with Crippen LogP contribution in [0, 0.1) is 0 Å². The van der Waals surface area contributed by atoms with Gasteiger partial charge in [0.1, 0.15) is 0 Å². The molecular formula is C37H55Cl3N2O4. The Labute approximate surface area is 292 Å². The monoisotopic (exact) mass is 696 g/mol. The highest BCUT2D eigenvalue weighted by Gasteiger charge is 2.33. The molecule has 0 bridgehead atoms. The summed E-state index contributed by atoms with van der Waals surface area (Å²) in [5.41, 5.74) is 3.75. The van der Waals surface area contributed by atoms with Gasteiger partial charge in [0.2, 0.25) is 0 Å². The van der Waals surface area contributed by atoms with Crippen LogP contribution in [0.3, 0.4) is 0 Å². The van der Waals surface area contributed by atoms with Crippen LogP contribution in [-0.2, 0) is 27.4 Å². The molecule has 3 atom stereocenters. The number of benzene rings is 2. The van der Waals surface area contributed by atoms with Gasteiger partial charge in [-0.25, -0.2) is 0 Å². The second-order valence-electron chi connectivity index (χ2n) is 12.6. The molecule has 1 saturated heterocycles. The van der Waals surface area contributed by atoms with Gasteiger partial charge in [0.05, 0.1) is 18.8 Å². The van der Waals surface area contributed by atoms with Gasteiger partial charge in [-0.3, -0.25) is 4.79 Å². The Hall–Kier alpha value is -1.38. The van der Waals surface area contributed by atoms with E-state index in [1.54, 1.807) is 0 Å². The lowest BCUT2D eigenvalue weighted by Crippen LogP contribution is -2.40. The predicted octanol–water partition coefficient (Wildman–Crippen LogP) is 9.73. The first kappa shape index (κ1) is 39.1. The first-order valence-corrected chi connectivity index (χ1v) is 18.5. The first-order valence-electron chi connectivity index (χ1n) is 17.4. The maximum Gasteiger partial charge on any atom is 0.272 e. The molecule has 2 aromatic rings. The minimum absolute atomic E-state index is 0.00435. The average Bonchev–Trinajstić information content (AvgIpc) is 3.06. The minimum Gasteiger partial charge on any atom is -0.392 e. The summed E-state index contributed by atoms with van der Waals surface area (Å²) < 4.78 is 11.2. The molecule has 0 unspecified atom stereocenters. The molecule has 1 heterocycles. The van der Waals surface area contributed by atoms with E-state index in [1.165, 1.54) is 77.0 Å². The molecule has 2 N–H and O–H groups in total. The van der Waals surface area contributed by atoms with Crippen molar-refractivity contribution in [3.05, 3.63) is 70.8 Å². The Morgan fingerprint density at radius 2 is 1.30 bits per heavy atom. The van der Waals surface area contributed by atoms with Crippen molar-refractivity contribution in [2.24, 2.45) is 0 Å². The summed E-state index contributed by atoms with van der Waals surface area (Å²) >= 11 is 17.1. The van der Waals surface area contributed by atoms with E-state index < -0.39 is 16.0 Å². The van der Waals surface area contributed by atoms with Crippen LogP contribution in [-0.4, -0.2) is 45.4 Å². The molecule has 0 spiro atoms. The second-order valence-corrected chi connectivity index (χ2v) is 14.9. The van der Waals surface area contributed by atoms with Crippen molar-refractivity contribution in [2.45, 2.75) is 133 Å². The summed E-state index contributed by atoms with van der Waals surface area (Å²) in [5.74, 6) is -0.662. The number of hydrogen-bond donors (Lipinski definition) is 2. The summed E-state index contributed by atoms with van der Waals surface area (Å²) in [6.45, 7) is 7.85. The van der Waals surface area contributed by atoms with Crippen LogP contribution >= 0.6 is 34.8 Å². The maximum absolute atomic E-state index is 12.0. The zero-order valence-electron chi connectivity index (χ0n) is 27.8. The van der Waals surface area contributed by atoms with Crippen molar-refractivity contribution >= 4 is 40.7 Å². The van der Waals surface area contributed by atoms with E-state index in [0.717, 1.165) is 48.3 Å². The van der Waals surface area contributed by atoms with Gasteiger partial charge in [0.15, 0.2) is 6.29 Å². The molecule has 1 fully saturated rings. The number of nitrogens with one attached hydrogen (secondary N) is 1. The number of nitrogens with zero attached hydrogens (tertiary/aromatic N) is 1. The van der Waals surface area contributed by atoms with Gasteiger partial charge in [-0.1, -0.05) is 161 Å². The number of ether oxygens (including phenoxy) is 2. The standard InChI is InChI=1S/C37H55Cl3N2O4/c1-3-5-7-9-11-13-23-42(24-14-12-10-8-6-4-2)27-33-25-34(31-19-17-30(28-43)18-20-31)46-35(45-33)32-21-15-29(16-22-32)26-41-36(44)37(38,39)40/h15-22,33-35,43H,3-14,23-28H2,1-2H3,(H,41,44)/t33-,34+,35+/m1/s1. The topological polar surface area (TPSA) is 71.0 Å². The van der Waals surface area contributed by atoms with Gasteiger partial charge in [0, 0.05) is 25.1 Å². The van der Waals surface area contributed by atoms with Crippen LogP contribution in [0.5, 0.6) is 0 Å². The molecule has 0 radical (unpaired) electrons. The Morgan fingerprint density at radius 1 is 0.783 bits per heavy atom. The van der Waals surface area contributed by atoms with E-state index in [9.17, 15) is 9.90 Å². The fraction of sp³-hybridized carbons (Fsp3) is 0.649. The Bertz CT molecular complexity index is 1100. The number of aliphatic hydroxyl groups excluding tert-OH is 1. The molecule has 9 heteroatoms. The van der Waals surface area contributed by atoms with E-state index in [0.29, 0.717) is 0 Å². The maximum atomic E-state index is 12.0. The number of unbranched alkanes of at least 4 members (excludes halogenated alkanes) is 10. The van der Waals surface area contributed by atoms with Crippen LogP contribution in [0.2, 0.25) is 0 Å². The van der Waals surface area contributed by atoms with Crippen molar-refractivity contribution in [3.63, 3.8) is 0 Å². The third-order valence-corrected chi connectivity index (χ3v) is 9.21. The molecule has 1 aliphatic heterocycles. The van der Waals surface area contributed by atoms with E-state index in [-0.39, 0.29) is 25.4 Å². The second kappa shape index (κ2) is 21.6. The van der Waals surface area contributed by atoms with E-state index in [1.807, 2.05) is 36.4 Å². The van der Waals surface area contributed by atoms with E-state index in [4.69, 9.17) is 44.3 Å². The molecular weight excluding hydrogens is 643 g/mol. The number of aliphatic hydroxyl groups is 1. The summed E-state index contributed by atoms with van der Waals surface area (Å²) in [7, 11) is 0. The number of amides is 1. The predicted molar refractivity (Wildman–Crippen MR) is 190 cm³/mol. The number of rotatable bonds is 21. The molecule has 2 aromatic carbocycles. The Balaban J connectivity index is 1.71. The molecule has 1 amide bonds. The largest absolute Gasteiger partial charge is 0.392 e. The molecule has 6 nitrogen and oxygen atoms in total. The Kier molecular flexibility index (Phi) is 18.3. The third kappa shape index (κ3) is 14.4. The zero-order valence-corrected chi connectivity index (χ0v) is 30.1. The smallest absolute Gasteiger partial charge is 0.272 e. The van der Waals surface area contributed by atoms with Crippen LogP contribution in [0.15, 0.2) is 48.5 Å². The highest BCUT2D eigenvalue weighted by Crippen LogP contribution is 2.38. The van der Waals surface area contributed by atoms with Crippen LogP contribution < -0.4 is 5.32 Å². The van der Waals surface area contributed by atoms with Gasteiger partial charge < -0.3 is 24.8 Å². The lowest BCUT2D eigenvalue weighted by atomic mass is 9.99. The van der Waals surface area contributed by atoms with Gasteiger partial charge >= 0.3 is 0 Å². The van der Waals surface area contributed by atoms with Gasteiger partial charge in [-0.05, 0) is 42.6 Å². The van der Waals surface area contributed by atoms with Gasteiger partial charge in [-0.2, -0.15) is 0 Å². The number of hydrogen-bond acceptors (Lipinski definition) is 5. The van der Waals surface area contributed by atoms with Crippen molar-refractivity contribution < 1.29 is 19.4 Å². The van der Waals surface area contributed by atoms with Crippen LogP contribution in [0.4, 0.5) is 0 Å². The van der Waals surface area contributed by atoms with Gasteiger partial charge in [0.25, 0.3) is 9.70 Å². The van der Waals surface area contributed by atoms with E-state index in [2.05, 4.69) is 36.2 Å². The fourth-order valence-electron chi connectivity index (χ4n) is 5.92. The average molecular weight is 698 g/mol. The summed E-state index contributed by atoms with van der Waals surface area (Å²) in [6.07, 6.45) is 15.5.